The third-order valence-electron chi connectivity index (χ3n) is 4.54. The van der Waals surface area contributed by atoms with Crippen LogP contribution < -0.4 is 0 Å². The van der Waals surface area contributed by atoms with Gasteiger partial charge in [0.15, 0.2) is 0 Å². The number of likely N-dealkylation sites (tertiary alicyclic amines) is 1. The van der Waals surface area contributed by atoms with Crippen LogP contribution in [-0.2, 0) is 16.8 Å². The highest BCUT2D eigenvalue weighted by Gasteiger charge is 2.35. The van der Waals surface area contributed by atoms with Gasteiger partial charge in [-0.15, -0.1) is 5.10 Å². The van der Waals surface area contributed by atoms with Crippen molar-refractivity contribution in [2.24, 2.45) is 0 Å². The lowest BCUT2D eigenvalue weighted by atomic mass is 9.75. The largest absolute Gasteiger partial charge is 0.342 e. The Morgan fingerprint density at radius 1 is 1.23 bits per heavy atom. The molecule has 0 bridgehead atoms. The van der Waals surface area contributed by atoms with Crippen LogP contribution in [0.25, 0.3) is 0 Å². The molecule has 0 radical (unpaired) electrons. The van der Waals surface area contributed by atoms with E-state index in [1.807, 2.05) is 21.8 Å². The molecule has 0 saturated carbocycles. The maximum absolute atomic E-state index is 12.2. The van der Waals surface area contributed by atoms with Crippen molar-refractivity contribution in [3.8, 4) is 0 Å². The summed E-state index contributed by atoms with van der Waals surface area (Å²) in [5.41, 5.74) is 1.38. The summed E-state index contributed by atoms with van der Waals surface area (Å²) in [5.74, 6) is 0.270. The van der Waals surface area contributed by atoms with E-state index in [-0.39, 0.29) is 11.3 Å². The van der Waals surface area contributed by atoms with Gasteiger partial charge in [0, 0.05) is 37.7 Å². The maximum Gasteiger partial charge on any atom is 0.222 e. The molecule has 0 N–H and O–H groups in total. The van der Waals surface area contributed by atoms with Crippen LogP contribution in [0.5, 0.6) is 0 Å². The van der Waals surface area contributed by atoms with E-state index in [2.05, 4.69) is 41.5 Å². The smallest absolute Gasteiger partial charge is 0.222 e. The number of carbonyl (C=O) groups excluding carboxylic acids is 1. The first-order chi connectivity index (χ1) is 10.7. The lowest BCUT2D eigenvalue weighted by molar-refractivity contribution is -0.135. The van der Waals surface area contributed by atoms with Crippen molar-refractivity contribution in [3.05, 3.63) is 48.3 Å². The first-order valence-corrected chi connectivity index (χ1v) is 7.85. The number of amides is 1. The zero-order chi connectivity index (χ0) is 15.4. The van der Waals surface area contributed by atoms with E-state index < -0.39 is 0 Å². The molecule has 1 amide bonds. The number of piperidine rings is 1. The standard InChI is InChI=1S/C17H22N4O/c1-17(15-6-3-2-4-7-15)9-8-16(22)20(14-17)11-5-12-21-13-10-18-19-21/h2-4,6-7,10,13H,5,8-9,11-12,14H2,1H3/t17-/m0/s1. The molecule has 2 heterocycles. The van der Waals surface area contributed by atoms with Crippen molar-refractivity contribution >= 4 is 5.91 Å². The van der Waals surface area contributed by atoms with Gasteiger partial charge < -0.3 is 4.90 Å². The van der Waals surface area contributed by atoms with Crippen LogP contribution in [-0.4, -0.2) is 38.9 Å². The van der Waals surface area contributed by atoms with Crippen molar-refractivity contribution in [1.82, 2.24) is 19.9 Å². The summed E-state index contributed by atoms with van der Waals surface area (Å²) in [6.45, 7) is 4.64. The molecular weight excluding hydrogens is 276 g/mol. The summed E-state index contributed by atoms with van der Waals surface area (Å²) >= 11 is 0. The normalized spacial score (nSPS) is 22.0. The number of benzene rings is 1. The molecule has 2 aromatic rings. The maximum atomic E-state index is 12.2. The van der Waals surface area contributed by atoms with Crippen molar-refractivity contribution in [2.45, 2.75) is 38.1 Å². The second-order valence-electron chi connectivity index (χ2n) is 6.26. The highest BCUT2D eigenvalue weighted by molar-refractivity contribution is 5.77. The second kappa shape index (κ2) is 6.30. The molecule has 3 rings (SSSR count). The van der Waals surface area contributed by atoms with E-state index in [0.29, 0.717) is 6.42 Å². The van der Waals surface area contributed by atoms with Crippen LogP contribution in [0.3, 0.4) is 0 Å². The molecule has 1 aliphatic rings. The Balaban J connectivity index is 1.62. The summed E-state index contributed by atoms with van der Waals surface area (Å²) < 4.78 is 1.81. The van der Waals surface area contributed by atoms with Crippen molar-refractivity contribution < 1.29 is 4.79 Å². The molecule has 1 aromatic carbocycles. The van der Waals surface area contributed by atoms with Crippen LogP contribution in [0, 0.1) is 0 Å². The molecule has 5 heteroatoms. The molecule has 0 aliphatic carbocycles. The van der Waals surface area contributed by atoms with E-state index >= 15 is 0 Å². The third-order valence-corrected chi connectivity index (χ3v) is 4.54. The van der Waals surface area contributed by atoms with E-state index in [9.17, 15) is 4.79 Å². The van der Waals surface area contributed by atoms with Crippen LogP contribution in [0.15, 0.2) is 42.7 Å². The highest BCUT2D eigenvalue weighted by atomic mass is 16.2. The predicted molar refractivity (Wildman–Crippen MR) is 84.2 cm³/mol. The Hall–Kier alpha value is -2.17. The second-order valence-corrected chi connectivity index (χ2v) is 6.26. The summed E-state index contributed by atoms with van der Waals surface area (Å²) in [6.07, 6.45) is 5.99. The minimum atomic E-state index is 0.0580. The number of hydrogen-bond donors (Lipinski definition) is 0. The van der Waals surface area contributed by atoms with Crippen LogP contribution in [0.4, 0.5) is 0 Å². The molecule has 1 aliphatic heterocycles. The fraction of sp³-hybridized carbons (Fsp3) is 0.471. The van der Waals surface area contributed by atoms with Gasteiger partial charge in [0.05, 0.1) is 6.20 Å². The van der Waals surface area contributed by atoms with E-state index in [1.165, 1.54) is 5.56 Å². The molecular formula is C17H22N4O. The van der Waals surface area contributed by atoms with Gasteiger partial charge in [-0.05, 0) is 18.4 Å². The number of aryl methyl sites for hydroxylation is 1. The molecule has 116 valence electrons. The molecule has 1 fully saturated rings. The molecule has 0 spiro atoms. The lowest BCUT2D eigenvalue weighted by Gasteiger charge is -2.40. The van der Waals surface area contributed by atoms with Gasteiger partial charge in [0.1, 0.15) is 0 Å². The molecule has 5 nitrogen and oxygen atoms in total. The number of carbonyl (C=O) groups is 1. The Morgan fingerprint density at radius 3 is 2.77 bits per heavy atom. The highest BCUT2D eigenvalue weighted by Crippen LogP contribution is 2.34. The van der Waals surface area contributed by atoms with Gasteiger partial charge >= 0.3 is 0 Å². The number of rotatable bonds is 5. The van der Waals surface area contributed by atoms with Crippen LogP contribution >= 0.6 is 0 Å². The van der Waals surface area contributed by atoms with E-state index in [4.69, 9.17) is 0 Å². The van der Waals surface area contributed by atoms with Gasteiger partial charge in [0.25, 0.3) is 0 Å². The Morgan fingerprint density at radius 2 is 2.05 bits per heavy atom. The topological polar surface area (TPSA) is 51.0 Å². The number of nitrogens with zero attached hydrogens (tertiary/aromatic N) is 4. The minimum absolute atomic E-state index is 0.0580. The average Bonchev–Trinajstić information content (AvgIpc) is 3.05. The van der Waals surface area contributed by atoms with Crippen molar-refractivity contribution in [3.63, 3.8) is 0 Å². The van der Waals surface area contributed by atoms with Gasteiger partial charge in [-0.1, -0.05) is 42.5 Å². The van der Waals surface area contributed by atoms with Crippen LogP contribution in [0.2, 0.25) is 0 Å². The summed E-state index contributed by atoms with van der Waals surface area (Å²) in [4.78, 5) is 14.2. The number of aromatic nitrogens is 3. The minimum Gasteiger partial charge on any atom is -0.342 e. The first-order valence-electron chi connectivity index (χ1n) is 7.85. The zero-order valence-corrected chi connectivity index (χ0v) is 13.0. The summed E-state index contributed by atoms with van der Waals surface area (Å²) in [5, 5.41) is 7.76. The molecule has 0 unspecified atom stereocenters. The van der Waals surface area contributed by atoms with Gasteiger partial charge in [0.2, 0.25) is 5.91 Å². The fourth-order valence-corrected chi connectivity index (χ4v) is 3.18. The predicted octanol–water partition coefficient (Wildman–Crippen LogP) is 2.25. The van der Waals surface area contributed by atoms with Gasteiger partial charge in [-0.3, -0.25) is 9.48 Å². The average molecular weight is 298 g/mol. The quantitative estimate of drug-likeness (QED) is 0.850. The SMILES string of the molecule is C[C@]1(c2ccccc2)CCC(=O)N(CCCn2ccnn2)C1. The van der Waals surface area contributed by atoms with Gasteiger partial charge in [-0.2, -0.15) is 0 Å². The fourth-order valence-electron chi connectivity index (χ4n) is 3.18. The van der Waals surface area contributed by atoms with Crippen molar-refractivity contribution in [1.29, 1.82) is 0 Å². The monoisotopic (exact) mass is 298 g/mol. The first kappa shape index (κ1) is 14.8. The molecule has 1 atom stereocenters. The summed E-state index contributed by atoms with van der Waals surface area (Å²) in [7, 11) is 0. The molecule has 1 saturated heterocycles. The Bertz CT molecular complexity index is 611. The van der Waals surface area contributed by atoms with Crippen LogP contribution in [0.1, 0.15) is 31.7 Å². The van der Waals surface area contributed by atoms with E-state index in [1.54, 1.807) is 6.20 Å². The lowest BCUT2D eigenvalue weighted by Crippen LogP contribution is -2.47. The van der Waals surface area contributed by atoms with E-state index in [0.717, 1.165) is 32.5 Å². The summed E-state index contributed by atoms with van der Waals surface area (Å²) in [6, 6.07) is 10.5. The zero-order valence-electron chi connectivity index (χ0n) is 13.0. The Kier molecular flexibility index (Phi) is 4.22. The van der Waals surface area contributed by atoms with Gasteiger partial charge in [-0.25, -0.2) is 0 Å². The molecule has 1 aromatic heterocycles. The number of hydrogen-bond acceptors (Lipinski definition) is 3. The van der Waals surface area contributed by atoms with Crippen molar-refractivity contribution in [2.75, 3.05) is 13.1 Å². The molecule has 22 heavy (non-hydrogen) atoms. The third kappa shape index (κ3) is 3.18. The Labute approximate surface area is 130 Å².